The van der Waals surface area contributed by atoms with E-state index in [9.17, 15) is 14.4 Å². The first-order valence-corrected chi connectivity index (χ1v) is 10.4. The molecule has 2 amide bonds. The molecule has 0 aromatic heterocycles. The molecule has 8 heteroatoms. The minimum atomic E-state index is -2.86. The van der Waals surface area contributed by atoms with Crippen molar-refractivity contribution in [3.05, 3.63) is 0 Å². The third-order valence-electron chi connectivity index (χ3n) is 4.23. The van der Waals surface area contributed by atoms with Gasteiger partial charge in [-0.15, -0.1) is 4.99 Å². The van der Waals surface area contributed by atoms with Crippen LogP contribution < -0.4 is 5.32 Å². The molecule has 1 rings (SSSR count). The molecule has 0 spiro atoms. The van der Waals surface area contributed by atoms with Crippen molar-refractivity contribution < 1.29 is 28.0 Å². The average Bonchev–Trinajstić information content (AvgIpc) is 2.61. The number of cyclic esters (lactones) is 1. The highest BCUT2D eigenvalue weighted by atomic mass is 16.6. The molecule has 8 nitrogen and oxygen atoms in total. The second-order valence-electron chi connectivity index (χ2n) is 8.36. The molecule has 1 atom stereocenters. The lowest BCUT2D eigenvalue weighted by Crippen LogP contribution is -2.45. The smallest absolute Gasteiger partial charge is 0.437 e. The largest absolute Gasteiger partial charge is 0.461 e. The van der Waals surface area contributed by atoms with Gasteiger partial charge in [-0.25, -0.2) is 4.79 Å². The molecule has 1 aliphatic heterocycles. The van der Waals surface area contributed by atoms with Crippen LogP contribution in [0.5, 0.6) is 0 Å². The van der Waals surface area contributed by atoms with Crippen LogP contribution in [0.2, 0.25) is 0 Å². The van der Waals surface area contributed by atoms with Gasteiger partial charge in [-0.1, -0.05) is 32.1 Å². The zero-order valence-electron chi connectivity index (χ0n) is 21.1. The van der Waals surface area contributed by atoms with Gasteiger partial charge in [-0.05, 0) is 47.0 Å². The number of carbonyl (C=O) groups is 3. The van der Waals surface area contributed by atoms with Crippen molar-refractivity contribution in [2.75, 3.05) is 13.5 Å². The molecule has 0 radical (unpaired) electrons. The molecule has 0 saturated carbocycles. The Labute approximate surface area is 178 Å². The number of nitrogens with zero attached hydrogens (tertiary/aromatic N) is 2. The topological polar surface area (TPSA) is 97.3 Å². The van der Waals surface area contributed by atoms with Crippen LogP contribution in [0.4, 0.5) is 4.79 Å². The van der Waals surface area contributed by atoms with Crippen LogP contribution in [0.25, 0.3) is 0 Å². The number of aliphatic imine (C=N–C) groups is 1. The number of amides is 2. The fraction of sp³-hybridized carbons (Fsp3) is 0.810. The molecule has 1 fully saturated rings. The van der Waals surface area contributed by atoms with E-state index in [0.29, 0.717) is 17.7 Å². The van der Waals surface area contributed by atoms with E-state index >= 15 is 0 Å². The summed E-state index contributed by atoms with van der Waals surface area (Å²) in [6.07, 6.45) is 5.93. The standard InChI is InChI=1S/C21H37N3O5/c1-16-13-11-9-7-6-8-10-12-14-17(25)22-19(24(5)15-18(26)28-16)23-20(27)29-21(2,3)4/h16H,6-15H2,1-5H3,(H,22,23,25,27)/i5D3. The maximum absolute atomic E-state index is 12.4. The average molecular weight is 415 g/mol. The Morgan fingerprint density at radius 3 is 2.41 bits per heavy atom. The summed E-state index contributed by atoms with van der Waals surface area (Å²) >= 11 is 0. The number of esters is 1. The second kappa shape index (κ2) is 12.4. The Morgan fingerprint density at radius 2 is 1.79 bits per heavy atom. The van der Waals surface area contributed by atoms with Gasteiger partial charge in [-0.3, -0.25) is 14.9 Å². The van der Waals surface area contributed by atoms with Crippen LogP contribution in [-0.2, 0) is 19.1 Å². The van der Waals surface area contributed by atoms with E-state index in [0.717, 1.165) is 38.5 Å². The fourth-order valence-corrected chi connectivity index (χ4v) is 2.84. The summed E-state index contributed by atoms with van der Waals surface area (Å²) in [7, 11) is 0. The lowest BCUT2D eigenvalue weighted by atomic mass is 10.1. The third kappa shape index (κ3) is 12.1. The van der Waals surface area contributed by atoms with Crippen molar-refractivity contribution in [2.24, 2.45) is 4.99 Å². The third-order valence-corrected chi connectivity index (χ3v) is 4.23. The lowest BCUT2D eigenvalue weighted by molar-refractivity contribution is -0.148. The van der Waals surface area contributed by atoms with Gasteiger partial charge in [0.2, 0.25) is 11.9 Å². The van der Waals surface area contributed by atoms with E-state index in [1.807, 2.05) is 0 Å². The van der Waals surface area contributed by atoms with Gasteiger partial charge in [0.15, 0.2) is 0 Å². The number of likely N-dealkylation sites (N-methyl/N-ethyl adjacent to an activating group) is 1. The zero-order chi connectivity index (χ0) is 24.4. The lowest BCUT2D eigenvalue weighted by Gasteiger charge is -2.23. The highest BCUT2D eigenvalue weighted by Crippen LogP contribution is 2.13. The van der Waals surface area contributed by atoms with E-state index in [-0.39, 0.29) is 12.5 Å². The first-order valence-electron chi connectivity index (χ1n) is 11.9. The first kappa shape index (κ1) is 20.2. The Morgan fingerprint density at radius 1 is 1.17 bits per heavy atom. The maximum atomic E-state index is 12.4. The van der Waals surface area contributed by atoms with Crippen molar-refractivity contribution in [3.8, 4) is 0 Å². The van der Waals surface area contributed by atoms with Gasteiger partial charge in [0.05, 0.1) is 6.10 Å². The van der Waals surface area contributed by atoms with E-state index in [1.165, 1.54) is 0 Å². The Bertz CT molecular complexity index is 675. The first-order chi connectivity index (χ1) is 14.8. The fourth-order valence-electron chi connectivity index (χ4n) is 2.84. The number of rotatable bonds is 0. The number of nitrogens with one attached hydrogen (secondary N) is 1. The number of guanidine groups is 1. The van der Waals surface area contributed by atoms with Crippen LogP contribution in [-0.4, -0.2) is 54.1 Å². The van der Waals surface area contributed by atoms with Crippen molar-refractivity contribution in [3.63, 3.8) is 0 Å². The van der Waals surface area contributed by atoms with Gasteiger partial charge < -0.3 is 14.4 Å². The SMILES string of the molecule is [2H]C([2H])([2H])N1CC(=O)OC(C)CCCCCCCCCC(=O)N/C1=N/C(=O)OC(C)(C)C. The molecule has 0 bridgehead atoms. The Hall–Kier alpha value is -2.12. The predicted octanol–water partition coefficient (Wildman–Crippen LogP) is 3.78. The zero-order valence-corrected chi connectivity index (χ0v) is 18.1. The molecule has 1 heterocycles. The van der Waals surface area contributed by atoms with E-state index < -0.39 is 43.1 Å². The summed E-state index contributed by atoms with van der Waals surface area (Å²) in [4.78, 5) is 41.4. The van der Waals surface area contributed by atoms with Crippen molar-refractivity contribution >= 4 is 23.9 Å². The minimum absolute atomic E-state index is 0.143. The molecule has 0 aromatic carbocycles. The molecule has 0 aromatic rings. The minimum Gasteiger partial charge on any atom is -0.461 e. The summed E-state index contributed by atoms with van der Waals surface area (Å²) < 4.78 is 33.9. The quantitative estimate of drug-likeness (QED) is 0.606. The van der Waals surface area contributed by atoms with Gasteiger partial charge in [0, 0.05) is 17.5 Å². The second-order valence-corrected chi connectivity index (χ2v) is 8.36. The highest BCUT2D eigenvalue weighted by molar-refractivity contribution is 6.01. The van der Waals surface area contributed by atoms with Gasteiger partial charge in [0.1, 0.15) is 12.1 Å². The summed E-state index contributed by atoms with van der Waals surface area (Å²) in [6, 6.07) is 0. The molecule has 0 aliphatic carbocycles. The van der Waals surface area contributed by atoms with Crippen molar-refractivity contribution in [1.82, 2.24) is 10.2 Å². The van der Waals surface area contributed by atoms with Gasteiger partial charge in [0.25, 0.3) is 0 Å². The van der Waals surface area contributed by atoms with Crippen LogP contribution in [0.1, 0.15) is 89.6 Å². The van der Waals surface area contributed by atoms with Crippen LogP contribution in [0.15, 0.2) is 4.99 Å². The maximum Gasteiger partial charge on any atom is 0.437 e. The van der Waals surface area contributed by atoms with Gasteiger partial charge >= 0.3 is 12.1 Å². The molecular weight excluding hydrogens is 374 g/mol. The molecule has 1 saturated heterocycles. The monoisotopic (exact) mass is 414 g/mol. The van der Waals surface area contributed by atoms with Crippen LogP contribution in [0.3, 0.4) is 0 Å². The summed E-state index contributed by atoms with van der Waals surface area (Å²) in [5, 5.41) is 2.38. The normalized spacial score (nSPS) is 25.1. The van der Waals surface area contributed by atoms with E-state index in [2.05, 4.69) is 10.3 Å². The number of carbonyl (C=O) groups excluding carboxylic acids is 3. The molecule has 29 heavy (non-hydrogen) atoms. The van der Waals surface area contributed by atoms with Crippen LogP contribution in [0, 0.1) is 0 Å². The highest BCUT2D eigenvalue weighted by Gasteiger charge is 2.21. The molecule has 1 aliphatic rings. The Balaban J connectivity index is 3.18. The van der Waals surface area contributed by atoms with Gasteiger partial charge in [-0.2, -0.15) is 0 Å². The molecule has 1 N–H and O–H groups in total. The number of hydrogen-bond donors (Lipinski definition) is 1. The van der Waals surface area contributed by atoms with Crippen molar-refractivity contribution in [2.45, 2.75) is 97.2 Å². The van der Waals surface area contributed by atoms with Crippen molar-refractivity contribution in [1.29, 1.82) is 0 Å². The molecule has 1 unspecified atom stereocenters. The summed E-state index contributed by atoms with van der Waals surface area (Å²) in [5.74, 6) is -1.84. The predicted molar refractivity (Wildman–Crippen MR) is 112 cm³/mol. The molecule has 166 valence electrons. The summed E-state index contributed by atoms with van der Waals surface area (Å²) in [6.45, 7) is 3.08. The number of ether oxygens (including phenoxy) is 2. The van der Waals surface area contributed by atoms with Crippen LogP contribution >= 0.6 is 0 Å². The summed E-state index contributed by atoms with van der Waals surface area (Å²) in [5.41, 5.74) is -0.874. The number of hydrogen-bond acceptors (Lipinski definition) is 5. The van der Waals surface area contributed by atoms with E-state index in [4.69, 9.17) is 13.6 Å². The molecular formula is C21H37N3O5. The van der Waals surface area contributed by atoms with E-state index in [1.54, 1.807) is 27.7 Å². The Kier molecular flexibility index (Phi) is 8.65.